The van der Waals surface area contributed by atoms with Crippen molar-refractivity contribution in [3.8, 4) is 0 Å². The van der Waals surface area contributed by atoms with Gasteiger partial charge in [0.15, 0.2) is 0 Å². The lowest BCUT2D eigenvalue weighted by Crippen LogP contribution is -2.41. The molecule has 0 spiro atoms. The van der Waals surface area contributed by atoms with Gasteiger partial charge in [0.1, 0.15) is 0 Å². The van der Waals surface area contributed by atoms with E-state index < -0.39 is 0 Å². The highest BCUT2D eigenvalue weighted by molar-refractivity contribution is 7.07. The van der Waals surface area contributed by atoms with E-state index >= 15 is 0 Å². The van der Waals surface area contributed by atoms with Gasteiger partial charge in [0.05, 0.1) is 6.20 Å². The molecule has 1 saturated carbocycles. The zero-order chi connectivity index (χ0) is 16.1. The zero-order valence-corrected chi connectivity index (χ0v) is 14.6. The number of nitrogens with zero attached hydrogens (tertiary/aromatic N) is 3. The molecule has 124 valence electrons. The van der Waals surface area contributed by atoms with Crippen LogP contribution in [0.25, 0.3) is 0 Å². The van der Waals surface area contributed by atoms with Crippen molar-refractivity contribution in [2.75, 3.05) is 0 Å². The van der Waals surface area contributed by atoms with Gasteiger partial charge >= 0.3 is 0 Å². The lowest BCUT2D eigenvalue weighted by atomic mass is 9.93. The first-order valence-electron chi connectivity index (χ1n) is 8.50. The van der Waals surface area contributed by atoms with E-state index in [0.717, 1.165) is 31.4 Å². The van der Waals surface area contributed by atoms with E-state index in [2.05, 4.69) is 26.8 Å². The van der Waals surface area contributed by atoms with Crippen LogP contribution in [0.1, 0.15) is 49.7 Å². The highest BCUT2D eigenvalue weighted by atomic mass is 32.1. The predicted molar refractivity (Wildman–Crippen MR) is 93.3 cm³/mol. The van der Waals surface area contributed by atoms with Gasteiger partial charge in [-0.2, -0.15) is 16.4 Å². The summed E-state index contributed by atoms with van der Waals surface area (Å²) < 4.78 is 1.80. The van der Waals surface area contributed by atoms with E-state index in [1.165, 1.54) is 24.8 Å². The van der Waals surface area contributed by atoms with E-state index in [1.807, 2.05) is 19.4 Å². The number of amides is 1. The molecular weight excluding hydrogens is 306 g/mol. The van der Waals surface area contributed by atoms with Crippen LogP contribution < -0.4 is 0 Å². The highest BCUT2D eigenvalue weighted by Gasteiger charge is 2.25. The van der Waals surface area contributed by atoms with Gasteiger partial charge in [-0.05, 0) is 47.2 Å². The molecule has 0 aromatic carbocycles. The van der Waals surface area contributed by atoms with Crippen LogP contribution in [0, 0.1) is 0 Å². The summed E-state index contributed by atoms with van der Waals surface area (Å²) in [5.41, 5.74) is 2.40. The van der Waals surface area contributed by atoms with Crippen LogP contribution >= 0.6 is 11.3 Å². The van der Waals surface area contributed by atoms with Gasteiger partial charge in [0.25, 0.3) is 0 Å². The maximum absolute atomic E-state index is 12.9. The van der Waals surface area contributed by atoms with Crippen molar-refractivity contribution in [1.29, 1.82) is 0 Å². The fraction of sp³-hybridized carbons (Fsp3) is 0.556. The van der Waals surface area contributed by atoms with Crippen LogP contribution in [0.4, 0.5) is 0 Å². The number of carbonyl (C=O) groups excluding carboxylic acids is 1. The minimum absolute atomic E-state index is 0.284. The number of hydrogen-bond acceptors (Lipinski definition) is 3. The predicted octanol–water partition coefficient (Wildman–Crippen LogP) is 3.78. The number of carbonyl (C=O) groups is 1. The Hall–Kier alpha value is -1.62. The molecule has 1 amide bonds. The highest BCUT2D eigenvalue weighted by Crippen LogP contribution is 2.25. The fourth-order valence-electron chi connectivity index (χ4n) is 3.39. The van der Waals surface area contributed by atoms with Crippen molar-refractivity contribution in [2.45, 2.75) is 57.5 Å². The molecule has 5 heteroatoms. The van der Waals surface area contributed by atoms with Crippen molar-refractivity contribution in [2.24, 2.45) is 7.05 Å². The monoisotopic (exact) mass is 331 g/mol. The third kappa shape index (κ3) is 4.44. The normalized spacial score (nSPS) is 15.7. The molecule has 0 N–H and O–H groups in total. The Kier molecular flexibility index (Phi) is 5.49. The standard InChI is InChI=1S/C18H25N3OS/c1-20-12-15(11-19-20)7-8-18(22)21(13-16-9-10-23-14-16)17-5-3-2-4-6-17/h9-12,14,17H,2-8,13H2,1H3. The second-order valence-corrected chi connectivity index (χ2v) is 7.25. The van der Waals surface area contributed by atoms with Crippen LogP contribution in [-0.4, -0.2) is 26.6 Å². The summed E-state index contributed by atoms with van der Waals surface area (Å²) in [5, 5.41) is 8.43. The molecule has 0 radical (unpaired) electrons. The molecule has 1 aliphatic rings. The summed E-state index contributed by atoms with van der Waals surface area (Å²) in [4.78, 5) is 15.0. The Morgan fingerprint density at radius 3 is 2.83 bits per heavy atom. The van der Waals surface area contributed by atoms with Crippen molar-refractivity contribution >= 4 is 17.2 Å². The topological polar surface area (TPSA) is 38.1 Å². The molecular formula is C18H25N3OS. The summed E-state index contributed by atoms with van der Waals surface area (Å²) in [5.74, 6) is 0.284. The van der Waals surface area contributed by atoms with E-state index in [-0.39, 0.29) is 5.91 Å². The SMILES string of the molecule is Cn1cc(CCC(=O)N(Cc2ccsc2)C2CCCCC2)cn1. The first-order valence-corrected chi connectivity index (χ1v) is 9.45. The summed E-state index contributed by atoms with van der Waals surface area (Å²) in [6, 6.07) is 2.56. The van der Waals surface area contributed by atoms with E-state index in [4.69, 9.17) is 0 Å². The third-order valence-electron chi connectivity index (χ3n) is 4.65. The molecule has 0 aliphatic heterocycles. The van der Waals surface area contributed by atoms with Crippen LogP contribution in [0.5, 0.6) is 0 Å². The molecule has 3 rings (SSSR count). The molecule has 2 aromatic heterocycles. The second kappa shape index (κ2) is 7.77. The maximum atomic E-state index is 12.9. The smallest absolute Gasteiger partial charge is 0.223 e. The molecule has 23 heavy (non-hydrogen) atoms. The van der Waals surface area contributed by atoms with Crippen LogP contribution in [0.2, 0.25) is 0 Å². The van der Waals surface area contributed by atoms with Crippen LogP contribution in [0.15, 0.2) is 29.2 Å². The fourth-order valence-corrected chi connectivity index (χ4v) is 4.05. The largest absolute Gasteiger partial charge is 0.335 e. The second-order valence-electron chi connectivity index (χ2n) is 6.47. The average molecular weight is 331 g/mol. The first-order chi connectivity index (χ1) is 11.2. The van der Waals surface area contributed by atoms with Gasteiger partial charge in [-0.15, -0.1) is 0 Å². The lowest BCUT2D eigenvalue weighted by Gasteiger charge is -2.34. The number of hydrogen-bond donors (Lipinski definition) is 0. The van der Waals surface area contributed by atoms with Gasteiger partial charge in [-0.3, -0.25) is 9.48 Å². The number of aryl methyl sites for hydroxylation is 2. The maximum Gasteiger partial charge on any atom is 0.223 e. The van der Waals surface area contributed by atoms with Crippen molar-refractivity contribution < 1.29 is 4.79 Å². The Morgan fingerprint density at radius 2 is 2.17 bits per heavy atom. The number of rotatable bonds is 6. The first kappa shape index (κ1) is 16.2. The third-order valence-corrected chi connectivity index (χ3v) is 5.39. The van der Waals surface area contributed by atoms with Crippen molar-refractivity contribution in [1.82, 2.24) is 14.7 Å². The van der Waals surface area contributed by atoms with Gasteiger partial charge in [0.2, 0.25) is 5.91 Å². The van der Waals surface area contributed by atoms with Crippen LogP contribution in [-0.2, 0) is 24.8 Å². The Balaban J connectivity index is 1.64. The van der Waals surface area contributed by atoms with Crippen molar-refractivity contribution in [3.63, 3.8) is 0 Å². The van der Waals surface area contributed by atoms with Gasteiger partial charge < -0.3 is 4.90 Å². The Labute approximate surface area is 142 Å². The molecule has 1 aliphatic carbocycles. The molecule has 1 fully saturated rings. The molecule has 2 heterocycles. The number of thiophene rings is 1. The van der Waals surface area contributed by atoms with E-state index in [1.54, 1.807) is 16.0 Å². The molecule has 4 nitrogen and oxygen atoms in total. The molecule has 2 aromatic rings. The molecule has 0 unspecified atom stereocenters. The van der Waals surface area contributed by atoms with Gasteiger partial charge in [-0.25, -0.2) is 0 Å². The zero-order valence-electron chi connectivity index (χ0n) is 13.8. The molecule has 0 atom stereocenters. The minimum Gasteiger partial charge on any atom is -0.335 e. The lowest BCUT2D eigenvalue weighted by molar-refractivity contribution is -0.134. The Morgan fingerprint density at radius 1 is 1.35 bits per heavy atom. The molecule has 0 saturated heterocycles. The Bertz CT molecular complexity index is 614. The quantitative estimate of drug-likeness (QED) is 0.808. The summed E-state index contributed by atoms with van der Waals surface area (Å²) in [6.07, 6.45) is 11.3. The minimum atomic E-state index is 0.284. The van der Waals surface area contributed by atoms with Gasteiger partial charge in [0, 0.05) is 32.3 Å². The molecule has 0 bridgehead atoms. The average Bonchev–Trinajstić information content (AvgIpc) is 3.23. The van der Waals surface area contributed by atoms with Gasteiger partial charge in [-0.1, -0.05) is 19.3 Å². The summed E-state index contributed by atoms with van der Waals surface area (Å²) in [6.45, 7) is 0.764. The summed E-state index contributed by atoms with van der Waals surface area (Å²) in [7, 11) is 1.91. The van der Waals surface area contributed by atoms with E-state index in [0.29, 0.717) is 12.5 Å². The van der Waals surface area contributed by atoms with Crippen LogP contribution in [0.3, 0.4) is 0 Å². The summed E-state index contributed by atoms with van der Waals surface area (Å²) >= 11 is 1.70. The van der Waals surface area contributed by atoms with E-state index in [9.17, 15) is 4.79 Å². The number of aromatic nitrogens is 2. The van der Waals surface area contributed by atoms with Crippen molar-refractivity contribution in [3.05, 3.63) is 40.3 Å².